The van der Waals surface area contributed by atoms with Crippen LogP contribution < -0.4 is 15.4 Å². The van der Waals surface area contributed by atoms with Crippen molar-refractivity contribution in [1.82, 2.24) is 10.6 Å². The van der Waals surface area contributed by atoms with Crippen LogP contribution in [0.15, 0.2) is 24.3 Å². The van der Waals surface area contributed by atoms with Crippen molar-refractivity contribution in [2.75, 3.05) is 14.2 Å². The Morgan fingerprint density at radius 2 is 1.73 bits per heavy atom. The summed E-state index contributed by atoms with van der Waals surface area (Å²) in [6.45, 7) is 5.25. The number of carbonyl (C=O) groups excluding carboxylic acids is 3. The number of ether oxygens (including phenoxy) is 1. The highest BCUT2D eigenvalue weighted by atomic mass is 32.1. The quantitative estimate of drug-likeness (QED) is 0.327. The summed E-state index contributed by atoms with van der Waals surface area (Å²) >= 11 is 4.53. The number of benzene rings is 1. The van der Waals surface area contributed by atoms with Gasteiger partial charge in [0.05, 0.1) is 17.8 Å². The van der Waals surface area contributed by atoms with Crippen LogP contribution >= 0.6 is 12.6 Å². The van der Waals surface area contributed by atoms with Crippen LogP contribution in [0, 0.1) is 5.92 Å². The molecular formula is C23H36N2O4S. The molecule has 0 radical (unpaired) electrons. The van der Waals surface area contributed by atoms with Gasteiger partial charge in [0.2, 0.25) is 11.8 Å². The molecule has 0 bridgehead atoms. The fraction of sp³-hybridized carbons (Fsp3) is 0.609. The van der Waals surface area contributed by atoms with E-state index in [1.54, 1.807) is 14.0 Å². The summed E-state index contributed by atoms with van der Waals surface area (Å²) in [5, 5.41) is 5.47. The highest BCUT2D eigenvalue weighted by molar-refractivity contribution is 7.82. The number of carbonyl (C=O) groups is 3. The average Bonchev–Trinajstić information content (AvgIpc) is 2.72. The van der Waals surface area contributed by atoms with Crippen LogP contribution in [0.5, 0.6) is 5.75 Å². The number of amides is 2. The molecule has 0 aliphatic rings. The number of hydrogen-bond donors (Lipinski definition) is 3. The van der Waals surface area contributed by atoms with E-state index in [9.17, 15) is 14.4 Å². The number of hydrogen-bond acceptors (Lipinski definition) is 5. The van der Waals surface area contributed by atoms with E-state index in [2.05, 4.69) is 30.2 Å². The minimum absolute atomic E-state index is 0.159. The molecule has 1 aromatic rings. The van der Waals surface area contributed by atoms with Crippen LogP contribution in [-0.4, -0.2) is 42.5 Å². The van der Waals surface area contributed by atoms with E-state index in [0.29, 0.717) is 12.8 Å². The Morgan fingerprint density at radius 3 is 2.23 bits per heavy atom. The first-order valence-electron chi connectivity index (χ1n) is 10.6. The molecule has 0 heterocycles. The van der Waals surface area contributed by atoms with Gasteiger partial charge in [0.15, 0.2) is 0 Å². The topological polar surface area (TPSA) is 84.5 Å². The highest BCUT2D eigenvalue weighted by Gasteiger charge is 2.40. The first kappa shape index (κ1) is 26.0. The van der Waals surface area contributed by atoms with Crippen molar-refractivity contribution < 1.29 is 19.1 Å². The Kier molecular flexibility index (Phi) is 10.9. The van der Waals surface area contributed by atoms with Crippen molar-refractivity contribution >= 4 is 30.2 Å². The molecule has 0 saturated carbocycles. The minimum Gasteiger partial charge on any atom is -0.497 e. The molecule has 2 unspecified atom stereocenters. The Bertz CT molecular complexity index is 704. The third kappa shape index (κ3) is 7.67. The molecule has 2 amide bonds. The predicted octanol–water partition coefficient (Wildman–Crippen LogP) is 3.33. The predicted molar refractivity (Wildman–Crippen MR) is 123 cm³/mol. The van der Waals surface area contributed by atoms with Crippen LogP contribution in [-0.2, 0) is 20.8 Å². The van der Waals surface area contributed by atoms with Gasteiger partial charge in [-0.2, -0.15) is 12.6 Å². The number of methoxy groups -OCH3 is 1. The lowest BCUT2D eigenvalue weighted by molar-refractivity contribution is -0.134. The largest absolute Gasteiger partial charge is 0.497 e. The molecule has 30 heavy (non-hydrogen) atoms. The normalized spacial score (nSPS) is 14.9. The number of Topliss-reactive ketones (excluding diaryl/α,β-unsaturated/α-hetero) is 1. The second-order valence-electron chi connectivity index (χ2n) is 7.83. The van der Waals surface area contributed by atoms with Crippen LogP contribution in [0.4, 0.5) is 0 Å². The van der Waals surface area contributed by atoms with Gasteiger partial charge in [0.1, 0.15) is 17.6 Å². The first-order valence-corrected chi connectivity index (χ1v) is 11.0. The second-order valence-corrected chi connectivity index (χ2v) is 8.76. The average molecular weight is 437 g/mol. The number of unbranched alkanes of at least 4 members (excludes halogenated alkanes) is 3. The van der Waals surface area contributed by atoms with E-state index in [-0.39, 0.29) is 17.6 Å². The molecule has 3 atom stereocenters. The zero-order valence-electron chi connectivity index (χ0n) is 18.8. The molecule has 0 aliphatic heterocycles. The van der Waals surface area contributed by atoms with Gasteiger partial charge in [-0.25, -0.2) is 0 Å². The number of nitrogens with one attached hydrogen (secondary N) is 2. The standard InChI is InChI=1S/C23H36N2O4S/c1-6-7-8-9-10-19(23(3,30)16(2)26)21(27)25-20(22(28)24-4)15-17-11-13-18(29-5)14-12-17/h11-14,19-20,30H,6-10,15H2,1-5H3,(H,24,28)(H,25,27)/t19?,20-,23?/m0/s1. The van der Waals surface area contributed by atoms with Crippen LogP contribution in [0.2, 0.25) is 0 Å². The van der Waals surface area contributed by atoms with E-state index in [0.717, 1.165) is 37.0 Å². The van der Waals surface area contributed by atoms with Gasteiger partial charge < -0.3 is 15.4 Å². The summed E-state index contributed by atoms with van der Waals surface area (Å²) < 4.78 is 4.07. The molecule has 0 saturated heterocycles. The lowest BCUT2D eigenvalue weighted by atomic mass is 9.84. The smallest absolute Gasteiger partial charge is 0.242 e. The van der Waals surface area contributed by atoms with Crippen molar-refractivity contribution in [3.05, 3.63) is 29.8 Å². The van der Waals surface area contributed by atoms with E-state index in [4.69, 9.17) is 4.74 Å². The van der Waals surface area contributed by atoms with Crippen molar-refractivity contribution in [3.8, 4) is 5.75 Å². The van der Waals surface area contributed by atoms with Gasteiger partial charge in [-0.05, 0) is 38.0 Å². The SMILES string of the molecule is CCCCCCC(C(=O)N[C@@H](Cc1ccc(OC)cc1)C(=O)NC)C(C)(S)C(C)=O. The van der Waals surface area contributed by atoms with Gasteiger partial charge in [0.25, 0.3) is 0 Å². The minimum atomic E-state index is -1.09. The zero-order chi connectivity index (χ0) is 22.7. The highest BCUT2D eigenvalue weighted by Crippen LogP contribution is 2.31. The van der Waals surface area contributed by atoms with Crippen LogP contribution in [0.25, 0.3) is 0 Å². The lowest BCUT2D eigenvalue weighted by Gasteiger charge is -2.31. The number of likely N-dealkylation sites (N-methyl/N-ethyl adjacent to an activating group) is 1. The maximum absolute atomic E-state index is 13.2. The molecule has 0 fully saturated rings. The molecule has 0 spiro atoms. The van der Waals surface area contributed by atoms with Crippen LogP contribution in [0.3, 0.4) is 0 Å². The van der Waals surface area contributed by atoms with Crippen molar-refractivity contribution in [2.45, 2.75) is 70.1 Å². The third-order valence-electron chi connectivity index (χ3n) is 5.53. The van der Waals surface area contributed by atoms with Crippen molar-refractivity contribution in [3.63, 3.8) is 0 Å². The molecule has 7 heteroatoms. The maximum atomic E-state index is 13.2. The molecule has 168 valence electrons. The Labute approximate surface area is 185 Å². The summed E-state index contributed by atoms with van der Waals surface area (Å²) in [6.07, 6.45) is 4.87. The van der Waals surface area contributed by atoms with E-state index >= 15 is 0 Å². The van der Waals surface area contributed by atoms with Crippen molar-refractivity contribution in [1.29, 1.82) is 0 Å². The summed E-state index contributed by atoms with van der Waals surface area (Å²) in [5.41, 5.74) is 0.893. The molecule has 1 aromatic carbocycles. The van der Waals surface area contributed by atoms with Crippen LogP contribution in [0.1, 0.15) is 58.4 Å². The second kappa shape index (κ2) is 12.6. The zero-order valence-corrected chi connectivity index (χ0v) is 19.7. The summed E-state index contributed by atoms with van der Waals surface area (Å²) in [5.74, 6) is -0.654. The molecule has 0 aromatic heterocycles. The molecule has 6 nitrogen and oxygen atoms in total. The molecule has 0 aliphatic carbocycles. The Hall–Kier alpha value is -2.02. The number of thiol groups is 1. The summed E-state index contributed by atoms with van der Waals surface area (Å²) in [6, 6.07) is 6.61. The maximum Gasteiger partial charge on any atom is 0.242 e. The molecule has 1 rings (SSSR count). The summed E-state index contributed by atoms with van der Waals surface area (Å²) in [7, 11) is 3.13. The van der Waals surface area contributed by atoms with E-state index in [1.165, 1.54) is 14.0 Å². The van der Waals surface area contributed by atoms with Gasteiger partial charge in [0, 0.05) is 13.5 Å². The van der Waals surface area contributed by atoms with Gasteiger partial charge in [-0.15, -0.1) is 0 Å². The molecule has 2 N–H and O–H groups in total. The Morgan fingerprint density at radius 1 is 1.10 bits per heavy atom. The first-order chi connectivity index (χ1) is 14.2. The van der Waals surface area contributed by atoms with Gasteiger partial charge >= 0.3 is 0 Å². The van der Waals surface area contributed by atoms with Gasteiger partial charge in [-0.1, -0.05) is 44.7 Å². The fourth-order valence-electron chi connectivity index (χ4n) is 3.34. The Balaban J connectivity index is 2.99. The lowest BCUT2D eigenvalue weighted by Crippen LogP contribution is -2.53. The molecular weight excluding hydrogens is 400 g/mol. The van der Waals surface area contributed by atoms with Crippen molar-refractivity contribution in [2.24, 2.45) is 5.92 Å². The monoisotopic (exact) mass is 436 g/mol. The van der Waals surface area contributed by atoms with E-state index in [1.807, 2.05) is 24.3 Å². The van der Waals surface area contributed by atoms with E-state index < -0.39 is 16.7 Å². The number of ketones is 1. The summed E-state index contributed by atoms with van der Waals surface area (Å²) in [4.78, 5) is 37.8. The number of rotatable bonds is 13. The van der Waals surface area contributed by atoms with Gasteiger partial charge in [-0.3, -0.25) is 14.4 Å². The third-order valence-corrected chi connectivity index (χ3v) is 6.16. The fourth-order valence-corrected chi connectivity index (χ4v) is 3.59.